The Bertz CT molecular complexity index is 655. The van der Waals surface area contributed by atoms with E-state index in [4.69, 9.17) is 10.00 Å². The monoisotopic (exact) mass is 319 g/mol. The second-order valence-corrected chi connectivity index (χ2v) is 5.14. The minimum atomic E-state index is 0.410. The van der Waals surface area contributed by atoms with E-state index in [1.54, 1.807) is 16.8 Å². The molecular formula is C14H14BrN3O. The maximum absolute atomic E-state index is 8.90. The van der Waals surface area contributed by atoms with Crippen LogP contribution in [-0.2, 0) is 13.7 Å². The molecule has 0 radical (unpaired) electrons. The van der Waals surface area contributed by atoms with Crippen LogP contribution < -0.4 is 4.74 Å². The van der Waals surface area contributed by atoms with Crippen LogP contribution in [0, 0.1) is 25.2 Å². The number of aryl methyl sites for hydroxylation is 3. The lowest BCUT2D eigenvalue weighted by Gasteiger charge is -2.10. The molecule has 0 aliphatic heterocycles. The van der Waals surface area contributed by atoms with Gasteiger partial charge in [-0.25, -0.2) is 0 Å². The Labute approximate surface area is 120 Å². The number of ether oxygens (including phenoxy) is 1. The Balaban J connectivity index is 2.21. The van der Waals surface area contributed by atoms with E-state index in [0.29, 0.717) is 12.2 Å². The average Bonchev–Trinajstić information content (AvgIpc) is 2.63. The Morgan fingerprint density at radius 1 is 1.42 bits per heavy atom. The minimum Gasteiger partial charge on any atom is -0.487 e. The number of rotatable bonds is 3. The van der Waals surface area contributed by atoms with Gasteiger partial charge in [-0.2, -0.15) is 10.4 Å². The molecule has 0 atom stereocenters. The molecule has 19 heavy (non-hydrogen) atoms. The van der Waals surface area contributed by atoms with Crippen molar-refractivity contribution in [2.24, 2.45) is 7.05 Å². The smallest absolute Gasteiger partial charge is 0.131 e. The average molecular weight is 320 g/mol. The lowest BCUT2D eigenvalue weighted by atomic mass is 10.1. The maximum Gasteiger partial charge on any atom is 0.131 e. The molecule has 0 fully saturated rings. The fraction of sp³-hybridized carbons (Fsp3) is 0.286. The molecule has 0 aliphatic carbocycles. The van der Waals surface area contributed by atoms with Crippen molar-refractivity contribution in [3.8, 4) is 11.8 Å². The Morgan fingerprint density at radius 2 is 2.16 bits per heavy atom. The van der Waals surface area contributed by atoms with Crippen molar-refractivity contribution in [3.05, 3.63) is 45.2 Å². The molecule has 0 saturated carbocycles. The maximum atomic E-state index is 8.90. The van der Waals surface area contributed by atoms with Crippen LogP contribution in [0.2, 0.25) is 0 Å². The lowest BCUT2D eigenvalue weighted by Crippen LogP contribution is -2.04. The molecule has 0 N–H and O–H groups in total. The van der Waals surface area contributed by atoms with Crippen molar-refractivity contribution < 1.29 is 4.74 Å². The molecule has 0 unspecified atom stereocenters. The molecule has 0 bridgehead atoms. The third kappa shape index (κ3) is 2.79. The van der Waals surface area contributed by atoms with E-state index in [0.717, 1.165) is 27.2 Å². The summed E-state index contributed by atoms with van der Waals surface area (Å²) in [7, 11) is 1.88. The third-order valence-corrected chi connectivity index (χ3v) is 3.97. The first-order valence-corrected chi connectivity index (χ1v) is 6.63. The molecule has 98 valence electrons. The van der Waals surface area contributed by atoms with E-state index in [1.165, 1.54) is 0 Å². The summed E-state index contributed by atoms with van der Waals surface area (Å²) in [5.41, 5.74) is 3.51. The van der Waals surface area contributed by atoms with Crippen molar-refractivity contribution in [1.82, 2.24) is 9.78 Å². The van der Waals surface area contributed by atoms with Crippen LogP contribution in [0.1, 0.15) is 22.5 Å². The zero-order valence-electron chi connectivity index (χ0n) is 11.1. The Hall–Kier alpha value is -1.80. The van der Waals surface area contributed by atoms with Gasteiger partial charge in [-0.05, 0) is 47.5 Å². The second-order valence-electron chi connectivity index (χ2n) is 4.35. The zero-order valence-corrected chi connectivity index (χ0v) is 12.7. The topological polar surface area (TPSA) is 50.8 Å². The first kappa shape index (κ1) is 13.6. The highest BCUT2D eigenvalue weighted by Crippen LogP contribution is 2.24. The predicted octanol–water partition coefficient (Wildman–Crippen LogP) is 3.25. The summed E-state index contributed by atoms with van der Waals surface area (Å²) in [6.07, 6.45) is 0. The summed E-state index contributed by atoms with van der Waals surface area (Å²) < 4.78 is 8.56. The molecule has 0 saturated heterocycles. The molecular weight excluding hydrogens is 306 g/mol. The minimum absolute atomic E-state index is 0.410. The Morgan fingerprint density at radius 3 is 2.74 bits per heavy atom. The fourth-order valence-corrected chi connectivity index (χ4v) is 2.26. The lowest BCUT2D eigenvalue weighted by molar-refractivity contribution is 0.292. The molecule has 0 spiro atoms. The molecule has 1 aromatic carbocycles. The quantitative estimate of drug-likeness (QED) is 0.872. The van der Waals surface area contributed by atoms with Gasteiger partial charge in [-0.1, -0.05) is 6.07 Å². The first-order valence-electron chi connectivity index (χ1n) is 5.84. The van der Waals surface area contributed by atoms with Crippen molar-refractivity contribution in [2.75, 3.05) is 0 Å². The van der Waals surface area contributed by atoms with Gasteiger partial charge in [-0.3, -0.25) is 4.68 Å². The number of nitriles is 1. The molecule has 4 nitrogen and oxygen atoms in total. The predicted molar refractivity (Wildman–Crippen MR) is 75.9 cm³/mol. The van der Waals surface area contributed by atoms with Gasteiger partial charge in [0.15, 0.2) is 0 Å². The molecule has 1 heterocycles. The van der Waals surface area contributed by atoms with Crippen LogP contribution >= 0.6 is 15.9 Å². The van der Waals surface area contributed by atoms with Gasteiger partial charge in [0.05, 0.1) is 27.5 Å². The second kappa shape index (κ2) is 5.45. The largest absolute Gasteiger partial charge is 0.487 e. The number of nitrogens with zero attached hydrogens (tertiary/aromatic N) is 3. The molecule has 2 aromatic rings. The highest BCUT2D eigenvalue weighted by Gasteiger charge is 2.11. The van der Waals surface area contributed by atoms with Gasteiger partial charge in [0.2, 0.25) is 0 Å². The molecule has 5 heteroatoms. The Kier molecular flexibility index (Phi) is 3.91. The van der Waals surface area contributed by atoms with Crippen LogP contribution in [0.3, 0.4) is 0 Å². The molecule has 1 aromatic heterocycles. The first-order chi connectivity index (χ1) is 9.02. The number of halogens is 1. The van der Waals surface area contributed by atoms with Gasteiger partial charge in [-0.15, -0.1) is 0 Å². The van der Waals surface area contributed by atoms with E-state index in [-0.39, 0.29) is 0 Å². The van der Waals surface area contributed by atoms with E-state index in [9.17, 15) is 0 Å². The summed E-state index contributed by atoms with van der Waals surface area (Å²) in [6.45, 7) is 4.31. The SMILES string of the molecule is Cc1ccc(C#N)cc1OCc1c(Br)c(C)nn1C. The molecule has 2 rings (SSSR count). The van der Waals surface area contributed by atoms with Crippen molar-refractivity contribution in [3.63, 3.8) is 0 Å². The van der Waals surface area contributed by atoms with Crippen LogP contribution in [0.15, 0.2) is 22.7 Å². The van der Waals surface area contributed by atoms with E-state index in [1.807, 2.05) is 27.0 Å². The number of hydrogen-bond donors (Lipinski definition) is 0. The normalized spacial score (nSPS) is 10.3. The van der Waals surface area contributed by atoms with E-state index in [2.05, 4.69) is 27.1 Å². The van der Waals surface area contributed by atoms with Gasteiger partial charge in [0, 0.05) is 7.05 Å². The van der Waals surface area contributed by atoms with E-state index < -0.39 is 0 Å². The third-order valence-electron chi connectivity index (χ3n) is 2.94. The summed E-state index contributed by atoms with van der Waals surface area (Å²) in [4.78, 5) is 0. The highest BCUT2D eigenvalue weighted by atomic mass is 79.9. The van der Waals surface area contributed by atoms with Crippen molar-refractivity contribution in [1.29, 1.82) is 5.26 Å². The van der Waals surface area contributed by atoms with Crippen LogP contribution in [0.25, 0.3) is 0 Å². The molecule has 0 amide bonds. The van der Waals surface area contributed by atoms with Crippen LogP contribution in [0.5, 0.6) is 5.75 Å². The highest BCUT2D eigenvalue weighted by molar-refractivity contribution is 9.10. The summed E-state index contributed by atoms with van der Waals surface area (Å²) >= 11 is 3.51. The summed E-state index contributed by atoms with van der Waals surface area (Å²) in [6, 6.07) is 7.54. The zero-order chi connectivity index (χ0) is 14.0. The summed E-state index contributed by atoms with van der Waals surface area (Å²) in [5.74, 6) is 0.727. The fourth-order valence-electron chi connectivity index (χ4n) is 1.81. The number of hydrogen-bond acceptors (Lipinski definition) is 3. The standard InChI is InChI=1S/C14H14BrN3O/c1-9-4-5-11(7-16)6-13(9)19-8-12-14(15)10(2)17-18(12)3/h4-6H,8H2,1-3H3. The van der Waals surface area contributed by atoms with Crippen LogP contribution in [0.4, 0.5) is 0 Å². The van der Waals surface area contributed by atoms with Gasteiger partial charge in [0.1, 0.15) is 12.4 Å². The number of benzene rings is 1. The van der Waals surface area contributed by atoms with E-state index >= 15 is 0 Å². The van der Waals surface area contributed by atoms with Crippen molar-refractivity contribution in [2.45, 2.75) is 20.5 Å². The summed E-state index contributed by atoms with van der Waals surface area (Å²) in [5, 5.41) is 13.2. The number of aromatic nitrogens is 2. The van der Waals surface area contributed by atoms with Gasteiger partial charge in [0.25, 0.3) is 0 Å². The van der Waals surface area contributed by atoms with Gasteiger partial charge >= 0.3 is 0 Å². The molecule has 0 aliphatic rings. The van der Waals surface area contributed by atoms with Crippen LogP contribution in [-0.4, -0.2) is 9.78 Å². The van der Waals surface area contributed by atoms with Crippen molar-refractivity contribution >= 4 is 15.9 Å². The van der Waals surface area contributed by atoms with Gasteiger partial charge < -0.3 is 4.74 Å².